The van der Waals surface area contributed by atoms with Gasteiger partial charge < -0.3 is 11.1 Å². The van der Waals surface area contributed by atoms with Gasteiger partial charge in [0.2, 0.25) is 0 Å². The monoisotopic (exact) mass is 294 g/mol. The van der Waals surface area contributed by atoms with E-state index in [9.17, 15) is 23.7 Å². The van der Waals surface area contributed by atoms with E-state index in [0.29, 0.717) is 6.07 Å². The number of hydrogen-bond donors (Lipinski definition) is 2. The molecule has 108 valence electrons. The van der Waals surface area contributed by atoms with E-state index in [1.807, 2.05) is 0 Å². The number of nitrogens with two attached hydrogens (primary N) is 1. The molecule has 21 heavy (non-hydrogen) atoms. The van der Waals surface area contributed by atoms with Crippen LogP contribution in [0.3, 0.4) is 0 Å². The fraction of sp³-hybridized carbons (Fsp3) is 0. The zero-order valence-corrected chi connectivity index (χ0v) is 10.3. The molecule has 1 aromatic heterocycles. The second kappa shape index (κ2) is 5.49. The minimum Gasteiger partial charge on any atom is -0.383 e. The summed E-state index contributed by atoms with van der Waals surface area (Å²) in [5.74, 6) is -2.87. The van der Waals surface area contributed by atoms with E-state index in [-0.39, 0.29) is 17.1 Å². The number of amides is 1. The maximum absolute atomic E-state index is 13.0. The van der Waals surface area contributed by atoms with Gasteiger partial charge in [-0.25, -0.2) is 13.8 Å². The van der Waals surface area contributed by atoms with E-state index < -0.39 is 28.2 Å². The third-order valence-corrected chi connectivity index (χ3v) is 2.48. The number of hydrogen-bond acceptors (Lipinski definition) is 5. The largest absolute Gasteiger partial charge is 0.383 e. The number of aromatic nitrogens is 1. The van der Waals surface area contributed by atoms with Crippen LogP contribution in [0.1, 0.15) is 10.4 Å². The molecule has 0 spiro atoms. The summed E-state index contributed by atoms with van der Waals surface area (Å²) < 4.78 is 26.0. The molecule has 2 aromatic rings. The number of anilines is 2. The van der Waals surface area contributed by atoms with Gasteiger partial charge in [-0.1, -0.05) is 0 Å². The van der Waals surface area contributed by atoms with Crippen molar-refractivity contribution in [2.45, 2.75) is 0 Å². The summed E-state index contributed by atoms with van der Waals surface area (Å²) in [6.45, 7) is 0. The molecule has 0 saturated heterocycles. The average molecular weight is 294 g/mol. The topological polar surface area (TPSA) is 111 Å². The van der Waals surface area contributed by atoms with Gasteiger partial charge in [0.15, 0.2) is 0 Å². The number of carbonyl (C=O) groups is 1. The van der Waals surface area contributed by atoms with Crippen molar-refractivity contribution in [1.82, 2.24) is 4.98 Å². The lowest BCUT2D eigenvalue weighted by Crippen LogP contribution is -2.15. The quantitative estimate of drug-likeness (QED) is 0.665. The molecule has 0 aliphatic heterocycles. The minimum absolute atomic E-state index is 0.150. The van der Waals surface area contributed by atoms with Crippen molar-refractivity contribution in [2.24, 2.45) is 0 Å². The molecule has 1 amide bonds. The lowest BCUT2D eigenvalue weighted by atomic mass is 10.2. The number of nitrogens with zero attached hydrogens (tertiary/aromatic N) is 2. The van der Waals surface area contributed by atoms with Gasteiger partial charge in [-0.3, -0.25) is 14.9 Å². The van der Waals surface area contributed by atoms with E-state index >= 15 is 0 Å². The van der Waals surface area contributed by atoms with Crippen LogP contribution in [0.25, 0.3) is 0 Å². The molecular weight excluding hydrogens is 286 g/mol. The second-order valence-electron chi connectivity index (χ2n) is 4.00. The Kier molecular flexibility index (Phi) is 3.74. The molecule has 3 N–H and O–H groups in total. The molecule has 9 heteroatoms. The fourth-order valence-electron chi connectivity index (χ4n) is 1.57. The molecule has 0 atom stereocenters. The number of pyridine rings is 1. The number of rotatable bonds is 3. The van der Waals surface area contributed by atoms with Gasteiger partial charge in [0.25, 0.3) is 11.6 Å². The second-order valence-corrected chi connectivity index (χ2v) is 4.00. The van der Waals surface area contributed by atoms with Crippen LogP contribution >= 0.6 is 0 Å². The van der Waals surface area contributed by atoms with Gasteiger partial charge in [-0.05, 0) is 12.1 Å². The van der Waals surface area contributed by atoms with Crippen LogP contribution in [-0.4, -0.2) is 15.8 Å². The molecule has 0 saturated carbocycles. The minimum atomic E-state index is -0.879. The zero-order chi connectivity index (χ0) is 15.6. The number of nitrogen functional groups attached to an aromatic ring is 1. The first kappa shape index (κ1) is 14.3. The summed E-state index contributed by atoms with van der Waals surface area (Å²) in [7, 11) is 0. The lowest BCUT2D eigenvalue weighted by molar-refractivity contribution is -0.385. The van der Waals surface area contributed by atoms with Crippen LogP contribution in [0.4, 0.5) is 26.0 Å². The van der Waals surface area contributed by atoms with E-state index in [4.69, 9.17) is 5.73 Å². The molecular formula is C12H8F2N4O3. The van der Waals surface area contributed by atoms with Crippen molar-refractivity contribution in [2.75, 3.05) is 11.1 Å². The first-order valence-corrected chi connectivity index (χ1v) is 5.54. The smallest absolute Gasteiger partial charge is 0.288 e. The first-order chi connectivity index (χ1) is 9.86. The van der Waals surface area contributed by atoms with Crippen LogP contribution in [-0.2, 0) is 0 Å². The van der Waals surface area contributed by atoms with Gasteiger partial charge in [-0.15, -0.1) is 0 Å². The van der Waals surface area contributed by atoms with Crippen LogP contribution in [0, 0.1) is 21.7 Å². The Balaban J connectivity index is 2.31. The summed E-state index contributed by atoms with van der Waals surface area (Å²) in [6.07, 6.45) is 0.897. The highest BCUT2D eigenvalue weighted by molar-refractivity contribution is 6.07. The Morgan fingerprint density at radius 1 is 1.24 bits per heavy atom. The Morgan fingerprint density at radius 3 is 2.43 bits per heavy atom. The van der Waals surface area contributed by atoms with Crippen LogP contribution in [0.15, 0.2) is 30.5 Å². The SMILES string of the molecule is Nc1ncc([N+](=O)[O-])cc1C(=O)Nc1cc(F)cc(F)c1. The maximum Gasteiger partial charge on any atom is 0.288 e. The molecule has 0 aliphatic carbocycles. The Bertz CT molecular complexity index is 716. The Labute approximate surface area is 116 Å². The molecule has 0 bridgehead atoms. The number of carbonyl (C=O) groups excluding carboxylic acids is 1. The zero-order valence-electron chi connectivity index (χ0n) is 10.3. The van der Waals surface area contributed by atoms with Crippen molar-refractivity contribution < 1.29 is 18.5 Å². The Hall–Kier alpha value is -3.10. The molecule has 0 fully saturated rings. The molecule has 2 rings (SSSR count). The molecule has 7 nitrogen and oxygen atoms in total. The predicted octanol–water partition coefficient (Wildman–Crippen LogP) is 2.10. The van der Waals surface area contributed by atoms with Gasteiger partial charge in [0, 0.05) is 17.8 Å². The van der Waals surface area contributed by atoms with Crippen LogP contribution < -0.4 is 11.1 Å². The van der Waals surface area contributed by atoms with Gasteiger partial charge in [0.05, 0.1) is 10.5 Å². The highest BCUT2D eigenvalue weighted by Gasteiger charge is 2.17. The molecule has 0 aliphatic rings. The molecule has 1 aromatic carbocycles. The third-order valence-electron chi connectivity index (χ3n) is 2.48. The summed E-state index contributed by atoms with van der Waals surface area (Å²) in [5, 5.41) is 12.8. The number of halogens is 2. The third kappa shape index (κ3) is 3.26. The predicted molar refractivity (Wildman–Crippen MR) is 69.6 cm³/mol. The Morgan fingerprint density at radius 2 is 1.86 bits per heavy atom. The lowest BCUT2D eigenvalue weighted by Gasteiger charge is -2.07. The summed E-state index contributed by atoms with van der Waals surface area (Å²) in [5.41, 5.74) is 4.61. The maximum atomic E-state index is 13.0. The number of benzene rings is 1. The highest BCUT2D eigenvalue weighted by Crippen LogP contribution is 2.19. The fourth-order valence-corrected chi connectivity index (χ4v) is 1.57. The first-order valence-electron chi connectivity index (χ1n) is 5.54. The average Bonchev–Trinajstić information content (AvgIpc) is 2.37. The number of nitrogens with one attached hydrogen (secondary N) is 1. The van der Waals surface area contributed by atoms with E-state index in [2.05, 4.69) is 10.3 Å². The molecule has 1 heterocycles. The van der Waals surface area contributed by atoms with Gasteiger partial charge in [0.1, 0.15) is 23.6 Å². The van der Waals surface area contributed by atoms with Crippen molar-refractivity contribution in [1.29, 1.82) is 0 Å². The van der Waals surface area contributed by atoms with E-state index in [1.54, 1.807) is 0 Å². The van der Waals surface area contributed by atoms with E-state index in [0.717, 1.165) is 24.4 Å². The normalized spacial score (nSPS) is 10.2. The van der Waals surface area contributed by atoms with Gasteiger partial charge >= 0.3 is 0 Å². The molecule has 0 unspecified atom stereocenters. The highest BCUT2D eigenvalue weighted by atomic mass is 19.1. The summed E-state index contributed by atoms with van der Waals surface area (Å²) in [6, 6.07) is 3.34. The van der Waals surface area contributed by atoms with E-state index in [1.165, 1.54) is 0 Å². The van der Waals surface area contributed by atoms with Crippen molar-refractivity contribution in [3.63, 3.8) is 0 Å². The van der Waals surface area contributed by atoms with Crippen molar-refractivity contribution >= 4 is 23.1 Å². The molecule has 0 radical (unpaired) electrons. The van der Waals surface area contributed by atoms with Gasteiger partial charge in [-0.2, -0.15) is 0 Å². The van der Waals surface area contributed by atoms with Crippen LogP contribution in [0.2, 0.25) is 0 Å². The summed E-state index contributed by atoms with van der Waals surface area (Å²) in [4.78, 5) is 25.3. The standard InChI is InChI=1S/C12H8F2N4O3/c13-6-1-7(14)3-8(2-6)17-12(19)10-4-9(18(20)21)5-16-11(10)15/h1-5H,(H2,15,16)(H,17,19). The number of nitro groups is 1. The van der Waals surface area contributed by atoms with Crippen LogP contribution in [0.5, 0.6) is 0 Å². The van der Waals surface area contributed by atoms with Crippen molar-refractivity contribution in [3.8, 4) is 0 Å². The summed E-state index contributed by atoms with van der Waals surface area (Å²) >= 11 is 0. The van der Waals surface area contributed by atoms with Crippen molar-refractivity contribution in [3.05, 3.63) is 57.8 Å².